The van der Waals surface area contributed by atoms with Gasteiger partial charge in [0.05, 0.1) is 5.56 Å². The van der Waals surface area contributed by atoms with E-state index >= 15 is 0 Å². The summed E-state index contributed by atoms with van der Waals surface area (Å²) in [4.78, 5) is 24.4. The molecule has 166 valence electrons. The van der Waals surface area contributed by atoms with Gasteiger partial charge in [0.15, 0.2) is 0 Å². The molecule has 0 heterocycles. The SMILES string of the molecule is CCc1ccc(C(=O)Oc2ccc(-c3ccc(OC(=O)[C@@H](Cl)CC(C)C)cc3)cc2)cc1. The zero-order valence-electron chi connectivity index (χ0n) is 18.5. The van der Waals surface area contributed by atoms with Gasteiger partial charge in [-0.15, -0.1) is 11.6 Å². The lowest BCUT2D eigenvalue weighted by molar-refractivity contribution is -0.134. The smallest absolute Gasteiger partial charge is 0.343 e. The Morgan fingerprint density at radius 3 is 1.75 bits per heavy atom. The van der Waals surface area contributed by atoms with E-state index in [1.165, 1.54) is 5.56 Å². The van der Waals surface area contributed by atoms with Crippen LogP contribution in [0, 0.1) is 5.92 Å². The molecule has 0 aliphatic heterocycles. The third kappa shape index (κ3) is 6.44. The molecule has 32 heavy (non-hydrogen) atoms. The highest BCUT2D eigenvalue weighted by Gasteiger charge is 2.19. The molecule has 0 aliphatic carbocycles. The van der Waals surface area contributed by atoms with Crippen LogP contribution in [0.2, 0.25) is 0 Å². The summed E-state index contributed by atoms with van der Waals surface area (Å²) >= 11 is 6.10. The van der Waals surface area contributed by atoms with Crippen LogP contribution in [0.1, 0.15) is 43.1 Å². The molecule has 0 saturated carbocycles. The van der Waals surface area contributed by atoms with E-state index in [1.54, 1.807) is 36.4 Å². The molecule has 0 bridgehead atoms. The molecule has 4 nitrogen and oxygen atoms in total. The van der Waals surface area contributed by atoms with Gasteiger partial charge in [0.1, 0.15) is 16.9 Å². The third-order valence-electron chi connectivity index (χ3n) is 5.00. The predicted octanol–water partition coefficient (Wildman–Crippen LogP) is 6.69. The zero-order valence-corrected chi connectivity index (χ0v) is 19.3. The first-order chi connectivity index (χ1) is 15.4. The molecular weight excluding hydrogens is 424 g/mol. The molecule has 0 aliphatic rings. The number of halogens is 1. The van der Waals surface area contributed by atoms with E-state index in [0.29, 0.717) is 29.4 Å². The van der Waals surface area contributed by atoms with Gasteiger partial charge in [-0.25, -0.2) is 4.79 Å². The highest BCUT2D eigenvalue weighted by atomic mass is 35.5. The Balaban J connectivity index is 1.60. The molecule has 5 heteroatoms. The van der Waals surface area contributed by atoms with Crippen LogP contribution in [0.4, 0.5) is 0 Å². The van der Waals surface area contributed by atoms with E-state index in [-0.39, 0.29) is 5.97 Å². The minimum Gasteiger partial charge on any atom is -0.425 e. The lowest BCUT2D eigenvalue weighted by Crippen LogP contribution is -2.22. The quantitative estimate of drug-likeness (QED) is 0.218. The highest BCUT2D eigenvalue weighted by molar-refractivity contribution is 6.30. The molecule has 3 aromatic rings. The maximum atomic E-state index is 12.3. The van der Waals surface area contributed by atoms with Crippen LogP contribution in [0.15, 0.2) is 72.8 Å². The predicted molar refractivity (Wildman–Crippen MR) is 127 cm³/mol. The normalized spacial score (nSPS) is 11.8. The second kappa shape index (κ2) is 11.0. The van der Waals surface area contributed by atoms with Crippen LogP contribution in [0.25, 0.3) is 11.1 Å². The van der Waals surface area contributed by atoms with Crippen molar-refractivity contribution in [2.45, 2.75) is 39.0 Å². The topological polar surface area (TPSA) is 52.6 Å². The van der Waals surface area contributed by atoms with Gasteiger partial charge in [0.2, 0.25) is 0 Å². The number of ether oxygens (including phenoxy) is 2. The first kappa shape index (κ1) is 23.6. The lowest BCUT2D eigenvalue weighted by Gasteiger charge is -2.12. The molecular formula is C27H27ClO4. The summed E-state index contributed by atoms with van der Waals surface area (Å²) in [6, 6.07) is 21.9. The number of rotatable bonds is 8. The van der Waals surface area contributed by atoms with Crippen LogP contribution in [0.3, 0.4) is 0 Å². The van der Waals surface area contributed by atoms with E-state index in [1.807, 2.05) is 50.2 Å². The average Bonchev–Trinajstić information content (AvgIpc) is 2.79. The fourth-order valence-corrected chi connectivity index (χ4v) is 3.56. The van der Waals surface area contributed by atoms with Crippen molar-refractivity contribution in [2.75, 3.05) is 0 Å². The number of hydrogen-bond donors (Lipinski definition) is 0. The number of esters is 2. The van der Waals surface area contributed by atoms with Crippen molar-refractivity contribution in [2.24, 2.45) is 5.92 Å². The second-order valence-electron chi connectivity index (χ2n) is 8.01. The van der Waals surface area contributed by atoms with E-state index in [9.17, 15) is 9.59 Å². The second-order valence-corrected chi connectivity index (χ2v) is 8.53. The lowest BCUT2D eigenvalue weighted by atomic mass is 10.1. The average molecular weight is 451 g/mol. The molecule has 0 amide bonds. The Hall–Kier alpha value is -3.11. The number of alkyl halides is 1. The Kier molecular flexibility index (Phi) is 8.07. The van der Waals surface area contributed by atoms with Crippen molar-refractivity contribution in [1.29, 1.82) is 0 Å². The van der Waals surface area contributed by atoms with Gasteiger partial charge in [0.25, 0.3) is 0 Å². The number of benzene rings is 3. The summed E-state index contributed by atoms with van der Waals surface area (Å²) in [5, 5.41) is -0.658. The molecule has 0 aromatic heterocycles. The number of aryl methyl sites for hydroxylation is 1. The van der Waals surface area contributed by atoms with Crippen LogP contribution >= 0.6 is 11.6 Å². The van der Waals surface area contributed by atoms with Crippen LogP contribution in [0.5, 0.6) is 11.5 Å². The molecule has 3 rings (SSSR count). The number of carbonyl (C=O) groups excluding carboxylic acids is 2. The highest BCUT2D eigenvalue weighted by Crippen LogP contribution is 2.26. The summed E-state index contributed by atoms with van der Waals surface area (Å²) in [5.41, 5.74) is 3.58. The molecule has 0 unspecified atom stereocenters. The van der Waals surface area contributed by atoms with Gasteiger partial charge in [-0.05, 0) is 71.8 Å². The largest absolute Gasteiger partial charge is 0.425 e. The summed E-state index contributed by atoms with van der Waals surface area (Å²) < 4.78 is 10.8. The van der Waals surface area contributed by atoms with Gasteiger partial charge < -0.3 is 9.47 Å². The number of hydrogen-bond acceptors (Lipinski definition) is 4. The van der Waals surface area contributed by atoms with Gasteiger partial charge in [-0.3, -0.25) is 4.79 Å². The first-order valence-electron chi connectivity index (χ1n) is 10.7. The molecule has 0 saturated heterocycles. The van der Waals surface area contributed by atoms with Gasteiger partial charge in [-0.1, -0.05) is 57.2 Å². The summed E-state index contributed by atoms with van der Waals surface area (Å²) in [6.45, 7) is 6.08. The monoisotopic (exact) mass is 450 g/mol. The minimum absolute atomic E-state index is 0.316. The first-order valence-corrected chi connectivity index (χ1v) is 11.2. The van der Waals surface area contributed by atoms with Crippen molar-refractivity contribution >= 4 is 23.5 Å². The summed E-state index contributed by atoms with van der Waals surface area (Å²) in [7, 11) is 0. The van der Waals surface area contributed by atoms with Crippen molar-refractivity contribution in [3.63, 3.8) is 0 Å². The third-order valence-corrected chi connectivity index (χ3v) is 5.36. The fraction of sp³-hybridized carbons (Fsp3) is 0.259. The molecule has 0 radical (unpaired) electrons. The molecule has 0 spiro atoms. The maximum Gasteiger partial charge on any atom is 0.343 e. The van der Waals surface area contributed by atoms with Gasteiger partial charge in [-0.2, -0.15) is 0 Å². The summed E-state index contributed by atoms with van der Waals surface area (Å²) in [5.74, 6) is 0.413. The maximum absolute atomic E-state index is 12.3. The van der Waals surface area contributed by atoms with Crippen molar-refractivity contribution in [3.8, 4) is 22.6 Å². The van der Waals surface area contributed by atoms with Crippen molar-refractivity contribution in [3.05, 3.63) is 83.9 Å². The Morgan fingerprint density at radius 2 is 1.28 bits per heavy atom. The molecule has 3 aromatic carbocycles. The van der Waals surface area contributed by atoms with Gasteiger partial charge >= 0.3 is 11.9 Å². The van der Waals surface area contributed by atoms with E-state index in [4.69, 9.17) is 21.1 Å². The van der Waals surface area contributed by atoms with Crippen LogP contribution in [-0.4, -0.2) is 17.3 Å². The Labute approximate surface area is 194 Å². The number of carbonyl (C=O) groups is 2. The Morgan fingerprint density at radius 1 is 0.781 bits per heavy atom. The van der Waals surface area contributed by atoms with E-state index < -0.39 is 11.3 Å². The van der Waals surface area contributed by atoms with Crippen LogP contribution < -0.4 is 9.47 Å². The van der Waals surface area contributed by atoms with Crippen molar-refractivity contribution in [1.82, 2.24) is 0 Å². The van der Waals surface area contributed by atoms with E-state index in [2.05, 4.69) is 6.92 Å². The van der Waals surface area contributed by atoms with Gasteiger partial charge in [0, 0.05) is 0 Å². The zero-order chi connectivity index (χ0) is 23.1. The van der Waals surface area contributed by atoms with E-state index in [0.717, 1.165) is 17.5 Å². The molecule has 1 atom stereocenters. The fourth-order valence-electron chi connectivity index (χ4n) is 3.16. The minimum atomic E-state index is -0.658. The summed E-state index contributed by atoms with van der Waals surface area (Å²) in [6.07, 6.45) is 1.49. The van der Waals surface area contributed by atoms with Crippen molar-refractivity contribution < 1.29 is 19.1 Å². The standard InChI is InChI=1S/C27H27ClO4/c1-4-19-5-7-22(8-6-19)26(29)31-23-13-9-20(10-14-23)21-11-15-24(16-12-21)32-27(30)25(28)17-18(2)3/h5-16,18,25H,4,17H2,1-3H3/t25-/m0/s1. The Bertz CT molecular complexity index is 1040. The molecule has 0 fully saturated rings. The molecule has 0 N–H and O–H groups in total. The van der Waals surface area contributed by atoms with Crippen LogP contribution in [-0.2, 0) is 11.2 Å².